The van der Waals surface area contributed by atoms with Crippen LogP contribution in [0.4, 0.5) is 10.6 Å². The molecule has 0 atom stereocenters. The zero-order valence-electron chi connectivity index (χ0n) is 15.3. The number of aromatic nitrogens is 1. The lowest BCUT2D eigenvalue weighted by Crippen LogP contribution is -2.56. The Morgan fingerprint density at radius 2 is 1.75 bits per heavy atom. The Balaban J connectivity index is 1.46. The zero-order chi connectivity index (χ0) is 19.6. The summed E-state index contributed by atoms with van der Waals surface area (Å²) in [6.07, 6.45) is 2.46. The Morgan fingerprint density at radius 3 is 2.43 bits per heavy atom. The molecule has 2 fully saturated rings. The summed E-state index contributed by atoms with van der Waals surface area (Å²) in [6, 6.07) is 13.4. The van der Waals surface area contributed by atoms with E-state index in [9.17, 15) is 13.2 Å². The molecular formula is C19H22N4O4S. The second-order valence-corrected chi connectivity index (χ2v) is 8.68. The van der Waals surface area contributed by atoms with Crippen molar-refractivity contribution in [3.05, 3.63) is 54.7 Å². The number of hydrogen-bond donors (Lipinski definition) is 1. The molecule has 2 aliphatic heterocycles. The lowest BCUT2D eigenvalue weighted by Gasteiger charge is -2.42. The number of hydrogen-bond acceptors (Lipinski definition) is 5. The second-order valence-electron chi connectivity index (χ2n) is 6.82. The highest BCUT2D eigenvalue weighted by Crippen LogP contribution is 2.38. The summed E-state index contributed by atoms with van der Waals surface area (Å²) in [5, 5.41) is 2.76. The molecule has 1 aromatic heterocycles. The van der Waals surface area contributed by atoms with Crippen LogP contribution < -0.4 is 5.32 Å². The molecule has 2 aromatic rings. The Bertz CT molecular complexity index is 929. The summed E-state index contributed by atoms with van der Waals surface area (Å²) in [4.78, 5) is 18.5. The summed E-state index contributed by atoms with van der Waals surface area (Å²) >= 11 is 0. The fraction of sp³-hybridized carbons (Fsp3) is 0.368. The van der Waals surface area contributed by atoms with Crippen LogP contribution in [0.5, 0.6) is 0 Å². The van der Waals surface area contributed by atoms with Crippen LogP contribution in [0.3, 0.4) is 0 Å². The van der Waals surface area contributed by atoms with Crippen molar-refractivity contribution >= 4 is 21.9 Å². The number of amides is 2. The number of carbonyl (C=O) groups excluding carboxylic acids is 1. The van der Waals surface area contributed by atoms with Crippen LogP contribution in [0.15, 0.2) is 59.6 Å². The molecule has 0 saturated carbocycles. The molecule has 0 aliphatic carbocycles. The minimum Gasteiger partial charge on any atom is -0.358 e. The van der Waals surface area contributed by atoms with Crippen molar-refractivity contribution in [3.63, 3.8) is 0 Å². The van der Waals surface area contributed by atoms with Gasteiger partial charge in [-0.25, -0.2) is 18.2 Å². The fourth-order valence-corrected chi connectivity index (χ4v) is 5.48. The van der Waals surface area contributed by atoms with Gasteiger partial charge in [-0.05, 0) is 24.3 Å². The maximum absolute atomic E-state index is 13.1. The minimum absolute atomic E-state index is 0.246. The van der Waals surface area contributed by atoms with E-state index >= 15 is 0 Å². The Kier molecular flexibility index (Phi) is 5.05. The Hall–Kier alpha value is -2.49. The van der Waals surface area contributed by atoms with E-state index in [0.717, 1.165) is 0 Å². The molecule has 28 heavy (non-hydrogen) atoms. The van der Waals surface area contributed by atoms with Gasteiger partial charge in [-0.2, -0.15) is 4.31 Å². The molecule has 0 radical (unpaired) electrons. The van der Waals surface area contributed by atoms with Gasteiger partial charge in [-0.15, -0.1) is 0 Å². The number of nitrogens with zero attached hydrogens (tertiary/aromatic N) is 3. The van der Waals surface area contributed by atoms with Crippen LogP contribution >= 0.6 is 0 Å². The van der Waals surface area contributed by atoms with Gasteiger partial charge in [0.15, 0.2) is 0 Å². The number of benzene rings is 1. The van der Waals surface area contributed by atoms with Crippen molar-refractivity contribution in [2.45, 2.75) is 23.5 Å². The van der Waals surface area contributed by atoms with Gasteiger partial charge in [0.1, 0.15) is 11.5 Å². The average Bonchev–Trinajstić information content (AvgIpc) is 3.14. The predicted octanol–water partition coefficient (Wildman–Crippen LogP) is 2.13. The van der Waals surface area contributed by atoms with Crippen LogP contribution in [-0.2, 0) is 14.8 Å². The number of carbonyl (C=O) groups is 1. The highest BCUT2D eigenvalue weighted by atomic mass is 32.2. The van der Waals surface area contributed by atoms with E-state index in [4.69, 9.17) is 4.74 Å². The predicted molar refractivity (Wildman–Crippen MR) is 103 cm³/mol. The number of anilines is 1. The third-order valence-corrected chi connectivity index (χ3v) is 7.15. The fourth-order valence-electron chi connectivity index (χ4n) is 3.73. The van der Waals surface area contributed by atoms with E-state index in [0.29, 0.717) is 44.9 Å². The van der Waals surface area contributed by atoms with Crippen LogP contribution in [0, 0.1) is 0 Å². The molecular weight excluding hydrogens is 380 g/mol. The van der Waals surface area contributed by atoms with Gasteiger partial charge in [0.05, 0.1) is 11.5 Å². The number of nitrogens with one attached hydrogen (secondary N) is 1. The topological polar surface area (TPSA) is 91.8 Å². The first-order chi connectivity index (χ1) is 13.5. The summed E-state index contributed by atoms with van der Waals surface area (Å²) in [5.41, 5.74) is -0.892. The molecule has 1 aromatic carbocycles. The van der Waals surface area contributed by atoms with Crippen molar-refractivity contribution in [1.82, 2.24) is 14.2 Å². The molecule has 9 heteroatoms. The van der Waals surface area contributed by atoms with Gasteiger partial charge < -0.3 is 9.64 Å². The molecule has 2 amide bonds. The van der Waals surface area contributed by atoms with Crippen LogP contribution in [0.1, 0.15) is 12.8 Å². The molecule has 2 saturated heterocycles. The van der Waals surface area contributed by atoms with E-state index in [1.165, 1.54) is 4.31 Å². The van der Waals surface area contributed by atoms with E-state index in [1.807, 2.05) is 0 Å². The smallest absolute Gasteiger partial charge is 0.323 e. The van der Waals surface area contributed by atoms with Crippen molar-refractivity contribution in [3.8, 4) is 0 Å². The minimum atomic E-state index is -3.65. The van der Waals surface area contributed by atoms with E-state index in [2.05, 4.69) is 10.3 Å². The number of likely N-dealkylation sites (tertiary alicyclic amines) is 1. The molecule has 8 nitrogen and oxygen atoms in total. The highest BCUT2D eigenvalue weighted by Gasteiger charge is 2.50. The van der Waals surface area contributed by atoms with Gasteiger partial charge in [0, 0.05) is 38.7 Å². The number of pyridine rings is 1. The monoisotopic (exact) mass is 402 g/mol. The van der Waals surface area contributed by atoms with Crippen LogP contribution in [0.25, 0.3) is 0 Å². The van der Waals surface area contributed by atoms with Crippen LogP contribution in [-0.4, -0.2) is 60.6 Å². The first-order valence-corrected chi connectivity index (χ1v) is 10.6. The van der Waals surface area contributed by atoms with Gasteiger partial charge >= 0.3 is 6.03 Å². The first-order valence-electron chi connectivity index (χ1n) is 9.20. The third kappa shape index (κ3) is 3.48. The molecule has 3 heterocycles. The SMILES string of the molecule is O=C(Nc1ccccn1)N1CCC2(CC1)OCCN2S(=O)(=O)c1ccccc1. The van der Waals surface area contributed by atoms with Gasteiger partial charge in [0.2, 0.25) is 10.0 Å². The van der Waals surface area contributed by atoms with Crippen molar-refractivity contribution in [1.29, 1.82) is 0 Å². The Labute approximate surface area is 164 Å². The maximum Gasteiger partial charge on any atom is 0.323 e. The van der Waals surface area contributed by atoms with Gasteiger partial charge in [0.25, 0.3) is 0 Å². The number of sulfonamides is 1. The van der Waals surface area contributed by atoms with Crippen molar-refractivity contribution in [2.75, 3.05) is 31.6 Å². The van der Waals surface area contributed by atoms with Crippen LogP contribution in [0.2, 0.25) is 0 Å². The largest absolute Gasteiger partial charge is 0.358 e. The van der Waals surface area contributed by atoms with E-state index in [1.54, 1.807) is 59.6 Å². The first kappa shape index (κ1) is 18.9. The molecule has 1 N–H and O–H groups in total. The maximum atomic E-state index is 13.1. The lowest BCUT2D eigenvalue weighted by atomic mass is 10.0. The Morgan fingerprint density at radius 1 is 1.04 bits per heavy atom. The molecule has 148 valence electrons. The highest BCUT2D eigenvalue weighted by molar-refractivity contribution is 7.89. The molecule has 2 aliphatic rings. The standard InChI is InChI=1S/C19H22N4O4S/c24-18(21-17-8-4-5-11-20-17)22-12-9-19(10-13-22)23(14-15-27-19)28(25,26)16-6-2-1-3-7-16/h1-8,11H,9-10,12-15H2,(H,20,21,24). The normalized spacial score (nSPS) is 19.6. The number of ether oxygens (including phenoxy) is 1. The summed E-state index contributed by atoms with van der Waals surface area (Å²) < 4.78 is 33.6. The molecule has 0 unspecified atom stereocenters. The van der Waals surface area contributed by atoms with E-state index < -0.39 is 15.7 Å². The van der Waals surface area contributed by atoms with E-state index in [-0.39, 0.29) is 10.9 Å². The van der Waals surface area contributed by atoms with Crippen molar-refractivity contribution in [2.24, 2.45) is 0 Å². The van der Waals surface area contributed by atoms with Gasteiger partial charge in [-0.3, -0.25) is 5.32 Å². The summed E-state index contributed by atoms with van der Waals surface area (Å²) in [6.45, 7) is 1.47. The number of piperidine rings is 1. The zero-order valence-corrected chi connectivity index (χ0v) is 16.1. The van der Waals surface area contributed by atoms with Crippen molar-refractivity contribution < 1.29 is 17.9 Å². The summed E-state index contributed by atoms with van der Waals surface area (Å²) in [5.74, 6) is 0.484. The lowest BCUT2D eigenvalue weighted by molar-refractivity contribution is -0.0840. The second kappa shape index (κ2) is 7.50. The average molecular weight is 402 g/mol. The molecule has 1 spiro atoms. The molecule has 0 bridgehead atoms. The number of rotatable bonds is 3. The molecule has 4 rings (SSSR count). The number of urea groups is 1. The van der Waals surface area contributed by atoms with Gasteiger partial charge in [-0.1, -0.05) is 24.3 Å². The third-order valence-electron chi connectivity index (χ3n) is 5.18. The quantitative estimate of drug-likeness (QED) is 0.849. The summed E-state index contributed by atoms with van der Waals surface area (Å²) in [7, 11) is -3.65.